The van der Waals surface area contributed by atoms with E-state index in [1.807, 2.05) is 30.3 Å². The number of aliphatic carboxylic acids is 1. The van der Waals surface area contributed by atoms with E-state index < -0.39 is 32.5 Å². The van der Waals surface area contributed by atoms with Gasteiger partial charge in [0.05, 0.1) is 36.0 Å². The number of nitrogens with one attached hydrogen (secondary N) is 1. The van der Waals surface area contributed by atoms with Crippen LogP contribution in [0.25, 0.3) is 22.2 Å². The molecule has 4 aromatic rings. The average Bonchev–Trinajstić information content (AvgIpc) is 4.07. The fourth-order valence-electron chi connectivity index (χ4n) is 9.11. The zero-order valence-electron chi connectivity index (χ0n) is 40.2. The third kappa shape index (κ3) is 11.1. The predicted molar refractivity (Wildman–Crippen MR) is 260 cm³/mol. The zero-order chi connectivity index (χ0) is 46.0. The van der Waals surface area contributed by atoms with Crippen LogP contribution < -0.4 is 15.1 Å². The van der Waals surface area contributed by atoms with E-state index >= 15 is 0 Å². The molecule has 3 fully saturated rings. The molecule has 2 aliphatic heterocycles. The van der Waals surface area contributed by atoms with E-state index in [1.54, 1.807) is 0 Å². The first-order valence-corrected chi connectivity index (χ1v) is 26.6. The number of piperazine rings is 1. The largest absolute Gasteiger partial charge is 0.480 e. The van der Waals surface area contributed by atoms with Gasteiger partial charge in [0.15, 0.2) is 8.32 Å². The first kappa shape index (κ1) is 47.5. The highest BCUT2D eigenvalue weighted by Crippen LogP contribution is 2.44. The standard InChI is InChI=1S/C51H74N6O6Si/c1-11-57-45-20-19-38(56-25-26-61-40(32-56)29-44(48(58)59)53-49(60)62-33-36-15-13-12-14-16-36)27-41(45)43(30-51(7,8)34-63-64(9,10)50(4,5)6)47(57)42-28-39(31-52-46(42)35(2)3)55-23-21-54(22-24-55)37-17-18-37/h12-16,19-20,27-28,31,35,37,40,44H,11,17-18,21-26,29-30,32-34H2,1-10H3,(H,53,60)(H,58,59)/t40-,44-/m0/s1. The number of carbonyl (C=O) groups is 2. The van der Waals surface area contributed by atoms with E-state index in [4.69, 9.17) is 18.9 Å². The number of carboxylic acid groups (broad SMARTS) is 1. The van der Waals surface area contributed by atoms with Gasteiger partial charge in [0.1, 0.15) is 12.6 Å². The normalized spacial score (nSPS) is 18.5. The van der Waals surface area contributed by atoms with Crippen LogP contribution in [0.5, 0.6) is 0 Å². The van der Waals surface area contributed by atoms with Crippen molar-refractivity contribution in [3.05, 3.63) is 77.6 Å². The maximum atomic E-state index is 12.7. The van der Waals surface area contributed by atoms with Crippen molar-refractivity contribution in [2.45, 2.75) is 136 Å². The van der Waals surface area contributed by atoms with Gasteiger partial charge in [0.25, 0.3) is 0 Å². The van der Waals surface area contributed by atoms with Crippen molar-refractivity contribution < 1.29 is 28.6 Å². The summed E-state index contributed by atoms with van der Waals surface area (Å²) in [5.41, 5.74) is 8.92. The molecule has 2 saturated heterocycles. The lowest BCUT2D eigenvalue weighted by atomic mass is 9.84. The van der Waals surface area contributed by atoms with Crippen molar-refractivity contribution in [3.63, 3.8) is 0 Å². The second kappa shape index (κ2) is 19.6. The number of amides is 1. The van der Waals surface area contributed by atoms with Gasteiger partial charge >= 0.3 is 12.1 Å². The third-order valence-corrected chi connectivity index (χ3v) is 18.5. The number of nitrogens with zero attached hydrogens (tertiary/aromatic N) is 5. The molecule has 12 nitrogen and oxygen atoms in total. The number of morpholine rings is 1. The van der Waals surface area contributed by atoms with Crippen LogP contribution in [0.4, 0.5) is 16.2 Å². The molecule has 2 N–H and O–H groups in total. The van der Waals surface area contributed by atoms with Gasteiger partial charge in [-0.1, -0.05) is 78.8 Å². The highest BCUT2D eigenvalue weighted by Gasteiger charge is 2.39. The van der Waals surface area contributed by atoms with Gasteiger partial charge in [0.2, 0.25) is 0 Å². The number of hydrogen-bond acceptors (Lipinski definition) is 9. The summed E-state index contributed by atoms with van der Waals surface area (Å²) >= 11 is 0. The molecular weight excluding hydrogens is 821 g/mol. The monoisotopic (exact) mass is 895 g/mol. The Bertz CT molecular complexity index is 2240. The van der Waals surface area contributed by atoms with Crippen molar-refractivity contribution in [2.75, 3.05) is 62.3 Å². The first-order chi connectivity index (χ1) is 30.3. The smallest absolute Gasteiger partial charge is 0.408 e. The van der Waals surface area contributed by atoms with Crippen LogP contribution in [0.1, 0.15) is 97.4 Å². The average molecular weight is 895 g/mol. The molecule has 1 saturated carbocycles. The molecule has 0 unspecified atom stereocenters. The number of alkyl carbamates (subject to hydrolysis) is 1. The molecule has 0 radical (unpaired) electrons. The SMILES string of the molecule is CCn1c(-c2cc(N3CCN(C4CC4)CC3)cnc2C(C)C)c(CC(C)(C)CO[Si](C)(C)C(C)(C)C)c2cc(N3CCO[C@@H](C[C@H](NC(=O)OCc4ccccc4)C(=O)O)C3)ccc21. The first-order valence-electron chi connectivity index (χ1n) is 23.7. The molecular formula is C51H74N6O6Si. The molecule has 1 amide bonds. The molecule has 64 heavy (non-hydrogen) atoms. The second-order valence-corrected chi connectivity index (χ2v) is 25.8. The lowest BCUT2D eigenvalue weighted by molar-refractivity contribution is -0.140. The van der Waals surface area contributed by atoms with Crippen LogP contribution >= 0.6 is 0 Å². The van der Waals surface area contributed by atoms with Gasteiger partial charge in [-0.25, -0.2) is 9.59 Å². The third-order valence-electron chi connectivity index (χ3n) is 14.0. The fraction of sp³-hybridized carbons (Fsp3) is 0.588. The summed E-state index contributed by atoms with van der Waals surface area (Å²) in [7, 11) is -2.02. The quantitative estimate of drug-likeness (QED) is 0.0992. The van der Waals surface area contributed by atoms with Crippen molar-refractivity contribution in [1.82, 2.24) is 19.8 Å². The van der Waals surface area contributed by atoms with Crippen molar-refractivity contribution in [1.29, 1.82) is 0 Å². The molecule has 7 rings (SSSR count). The highest BCUT2D eigenvalue weighted by atomic mass is 28.4. The molecule has 0 bridgehead atoms. The number of benzene rings is 2. The van der Waals surface area contributed by atoms with E-state index in [9.17, 15) is 14.7 Å². The van der Waals surface area contributed by atoms with E-state index in [2.05, 4.69) is 124 Å². The second-order valence-electron chi connectivity index (χ2n) is 21.0. The number of hydrogen-bond donors (Lipinski definition) is 2. The topological polar surface area (TPSA) is 122 Å². The maximum absolute atomic E-state index is 12.7. The Morgan fingerprint density at radius 1 is 0.953 bits per heavy atom. The Kier molecular flexibility index (Phi) is 14.5. The summed E-state index contributed by atoms with van der Waals surface area (Å²) < 4.78 is 21.0. The number of rotatable bonds is 17. The van der Waals surface area contributed by atoms with Gasteiger partial charge in [-0.3, -0.25) is 9.88 Å². The van der Waals surface area contributed by atoms with Gasteiger partial charge in [-0.2, -0.15) is 0 Å². The Morgan fingerprint density at radius 3 is 2.31 bits per heavy atom. The number of aryl methyl sites for hydroxylation is 1. The highest BCUT2D eigenvalue weighted by molar-refractivity contribution is 6.74. The van der Waals surface area contributed by atoms with E-state index in [0.29, 0.717) is 26.3 Å². The van der Waals surface area contributed by atoms with E-state index in [0.717, 1.165) is 62.1 Å². The van der Waals surface area contributed by atoms with Crippen LogP contribution in [0.15, 0.2) is 60.8 Å². The lowest BCUT2D eigenvalue weighted by Crippen LogP contribution is -2.49. The van der Waals surface area contributed by atoms with Gasteiger partial charge in [-0.15, -0.1) is 0 Å². The fourth-order valence-corrected chi connectivity index (χ4v) is 10.3. The number of anilines is 2. The minimum Gasteiger partial charge on any atom is -0.480 e. The number of carbonyl (C=O) groups excluding carboxylic acids is 1. The minimum absolute atomic E-state index is 0.0534. The minimum atomic E-state index is -2.02. The van der Waals surface area contributed by atoms with Crippen molar-refractivity contribution >= 4 is 42.7 Å². The van der Waals surface area contributed by atoms with Crippen LogP contribution in [0.3, 0.4) is 0 Å². The van der Waals surface area contributed by atoms with Crippen molar-refractivity contribution in [3.8, 4) is 11.3 Å². The van der Waals surface area contributed by atoms with Gasteiger partial charge in [-0.05, 0) is 91.0 Å². The molecule has 0 spiro atoms. The number of ether oxygens (including phenoxy) is 2. The molecule has 1 aliphatic carbocycles. The summed E-state index contributed by atoms with van der Waals surface area (Å²) in [5.74, 6) is -0.908. The predicted octanol–water partition coefficient (Wildman–Crippen LogP) is 9.70. The summed E-state index contributed by atoms with van der Waals surface area (Å²) in [5, 5.41) is 14.0. The molecule has 348 valence electrons. The maximum Gasteiger partial charge on any atom is 0.408 e. The molecule has 3 aliphatic rings. The Hall–Kier alpha value is -4.43. The number of pyridine rings is 1. The van der Waals surface area contributed by atoms with Crippen molar-refractivity contribution in [2.24, 2.45) is 5.41 Å². The number of carboxylic acids is 1. The Labute approximate surface area is 382 Å². The molecule has 4 heterocycles. The van der Waals surface area contributed by atoms with E-state index in [-0.39, 0.29) is 29.4 Å². The van der Waals surface area contributed by atoms with Crippen LogP contribution in [0, 0.1) is 5.41 Å². The molecule has 2 atom stereocenters. The number of fused-ring (bicyclic) bond motifs is 1. The molecule has 2 aromatic carbocycles. The van der Waals surface area contributed by atoms with Gasteiger partial charge < -0.3 is 38.7 Å². The zero-order valence-corrected chi connectivity index (χ0v) is 41.2. The Balaban J connectivity index is 1.22. The molecule has 13 heteroatoms. The van der Waals surface area contributed by atoms with Crippen LogP contribution in [0.2, 0.25) is 18.1 Å². The number of aromatic nitrogens is 2. The van der Waals surface area contributed by atoms with Gasteiger partial charge in [0, 0.05) is 87.0 Å². The summed E-state index contributed by atoms with van der Waals surface area (Å²) in [4.78, 5) is 37.9. The Morgan fingerprint density at radius 2 is 1.67 bits per heavy atom. The van der Waals surface area contributed by atoms with Crippen LogP contribution in [-0.2, 0) is 38.3 Å². The summed E-state index contributed by atoms with van der Waals surface area (Å²) in [6.45, 7) is 30.3. The summed E-state index contributed by atoms with van der Waals surface area (Å²) in [6.07, 6.45) is 4.50. The van der Waals surface area contributed by atoms with Crippen LogP contribution in [-0.4, -0.2) is 111 Å². The lowest BCUT2D eigenvalue weighted by Gasteiger charge is -2.39. The molecule has 2 aromatic heterocycles. The summed E-state index contributed by atoms with van der Waals surface area (Å²) in [6, 6.07) is 18.2. The van der Waals surface area contributed by atoms with E-state index in [1.165, 1.54) is 46.3 Å².